The number of methoxy groups -OCH3 is 2. The van der Waals surface area contributed by atoms with E-state index in [9.17, 15) is 4.79 Å². The molecular weight excluding hydrogens is 192 g/mol. The van der Waals surface area contributed by atoms with Crippen LogP contribution >= 0.6 is 11.6 Å². The second kappa shape index (κ2) is 6.35. The first-order chi connectivity index (χ1) is 6.10. The van der Waals surface area contributed by atoms with Crippen molar-refractivity contribution >= 4 is 17.4 Å². The molecule has 0 fully saturated rings. The zero-order valence-electron chi connectivity index (χ0n) is 8.43. The van der Waals surface area contributed by atoms with Crippen LogP contribution < -0.4 is 0 Å². The number of unbranched alkanes of at least 4 members (excludes halogenated alkanes) is 1. The Morgan fingerprint density at radius 3 is 2.23 bits per heavy atom. The Bertz CT molecular complexity index is 155. The largest absolute Gasteiger partial charge is 0.347 e. The van der Waals surface area contributed by atoms with Crippen molar-refractivity contribution in [3.63, 3.8) is 0 Å². The number of Topliss-reactive ketones (excluding diaryl/α,β-unsaturated/α-hetero) is 1. The highest BCUT2D eigenvalue weighted by Crippen LogP contribution is 2.15. The van der Waals surface area contributed by atoms with E-state index in [2.05, 4.69) is 0 Å². The number of alkyl halides is 1. The lowest BCUT2D eigenvalue weighted by Crippen LogP contribution is -2.39. The van der Waals surface area contributed by atoms with Crippen molar-refractivity contribution in [1.82, 2.24) is 0 Å². The van der Waals surface area contributed by atoms with Gasteiger partial charge in [0.2, 0.25) is 5.79 Å². The highest BCUT2D eigenvalue weighted by Gasteiger charge is 2.31. The first kappa shape index (κ1) is 12.9. The SMILES string of the molecule is COC(C)(OC)C(=O)CCCCCl. The highest BCUT2D eigenvalue weighted by atomic mass is 35.5. The van der Waals surface area contributed by atoms with E-state index in [1.165, 1.54) is 14.2 Å². The van der Waals surface area contributed by atoms with Gasteiger partial charge in [-0.05, 0) is 19.8 Å². The van der Waals surface area contributed by atoms with Gasteiger partial charge in [-0.15, -0.1) is 11.6 Å². The van der Waals surface area contributed by atoms with Gasteiger partial charge in [-0.2, -0.15) is 0 Å². The molecule has 0 unspecified atom stereocenters. The van der Waals surface area contributed by atoms with E-state index in [0.29, 0.717) is 12.3 Å². The summed E-state index contributed by atoms with van der Waals surface area (Å²) in [6.07, 6.45) is 2.08. The number of hydrogen-bond acceptors (Lipinski definition) is 3. The number of carbonyl (C=O) groups excluding carboxylic acids is 1. The topological polar surface area (TPSA) is 35.5 Å². The van der Waals surface area contributed by atoms with Gasteiger partial charge in [-0.25, -0.2) is 0 Å². The minimum Gasteiger partial charge on any atom is -0.347 e. The Labute approximate surface area is 84.4 Å². The van der Waals surface area contributed by atoms with Crippen molar-refractivity contribution in [2.24, 2.45) is 0 Å². The summed E-state index contributed by atoms with van der Waals surface area (Å²) in [6, 6.07) is 0. The summed E-state index contributed by atoms with van der Waals surface area (Å²) in [6.45, 7) is 1.62. The van der Waals surface area contributed by atoms with Gasteiger partial charge in [-0.3, -0.25) is 4.79 Å². The van der Waals surface area contributed by atoms with E-state index in [1.807, 2.05) is 0 Å². The van der Waals surface area contributed by atoms with Crippen molar-refractivity contribution in [1.29, 1.82) is 0 Å². The second-order valence-corrected chi connectivity index (χ2v) is 3.30. The Balaban J connectivity index is 3.92. The Morgan fingerprint density at radius 2 is 1.85 bits per heavy atom. The summed E-state index contributed by atoms with van der Waals surface area (Å²) in [5.41, 5.74) is 0. The standard InChI is InChI=1S/C9H17ClO3/c1-9(12-2,13-3)8(11)6-4-5-7-10/h4-7H2,1-3H3. The molecule has 0 atom stereocenters. The fraction of sp³-hybridized carbons (Fsp3) is 0.889. The number of carbonyl (C=O) groups is 1. The normalized spacial score (nSPS) is 11.7. The molecule has 0 aliphatic rings. The Kier molecular flexibility index (Phi) is 6.29. The third-order valence-corrected chi connectivity index (χ3v) is 2.34. The van der Waals surface area contributed by atoms with Crippen LogP contribution in [0.4, 0.5) is 0 Å². The summed E-state index contributed by atoms with van der Waals surface area (Å²) >= 11 is 5.49. The summed E-state index contributed by atoms with van der Waals surface area (Å²) in [4.78, 5) is 11.5. The van der Waals surface area contributed by atoms with E-state index in [-0.39, 0.29) is 5.78 Å². The zero-order chi connectivity index (χ0) is 10.3. The van der Waals surface area contributed by atoms with Crippen LogP contribution in [0.3, 0.4) is 0 Å². The molecule has 0 saturated carbocycles. The fourth-order valence-electron chi connectivity index (χ4n) is 0.918. The Hall–Kier alpha value is -0.120. The van der Waals surface area contributed by atoms with Crippen LogP contribution in [0.15, 0.2) is 0 Å². The summed E-state index contributed by atoms with van der Waals surface area (Å²) < 4.78 is 9.95. The molecule has 78 valence electrons. The molecule has 0 spiro atoms. The molecule has 0 N–H and O–H groups in total. The lowest BCUT2D eigenvalue weighted by molar-refractivity contribution is -0.199. The van der Waals surface area contributed by atoms with E-state index in [1.54, 1.807) is 6.92 Å². The third-order valence-electron chi connectivity index (χ3n) is 2.07. The molecule has 0 aromatic heterocycles. The van der Waals surface area contributed by atoms with Gasteiger partial charge in [0.25, 0.3) is 0 Å². The third kappa shape index (κ3) is 4.07. The smallest absolute Gasteiger partial charge is 0.225 e. The van der Waals surface area contributed by atoms with E-state index < -0.39 is 5.79 Å². The predicted octanol–water partition coefficient (Wildman–Crippen LogP) is 1.97. The zero-order valence-corrected chi connectivity index (χ0v) is 9.19. The summed E-state index contributed by atoms with van der Waals surface area (Å²) in [7, 11) is 2.92. The van der Waals surface area contributed by atoms with Gasteiger partial charge in [0.15, 0.2) is 5.78 Å². The first-order valence-electron chi connectivity index (χ1n) is 4.30. The molecule has 13 heavy (non-hydrogen) atoms. The van der Waals surface area contributed by atoms with E-state index in [0.717, 1.165) is 12.8 Å². The van der Waals surface area contributed by atoms with Gasteiger partial charge in [-0.1, -0.05) is 0 Å². The number of rotatable bonds is 7. The molecular formula is C9H17ClO3. The van der Waals surface area contributed by atoms with Crippen LogP contribution in [-0.4, -0.2) is 31.7 Å². The van der Waals surface area contributed by atoms with Gasteiger partial charge < -0.3 is 9.47 Å². The van der Waals surface area contributed by atoms with Crippen molar-refractivity contribution in [2.75, 3.05) is 20.1 Å². The molecule has 0 bridgehead atoms. The Morgan fingerprint density at radius 1 is 1.31 bits per heavy atom. The molecule has 0 aliphatic carbocycles. The summed E-state index contributed by atoms with van der Waals surface area (Å²) in [5.74, 6) is -0.543. The van der Waals surface area contributed by atoms with Gasteiger partial charge in [0.05, 0.1) is 0 Å². The minimum absolute atomic E-state index is 0.0392. The quantitative estimate of drug-likeness (QED) is 0.365. The van der Waals surface area contributed by atoms with Crippen molar-refractivity contribution in [2.45, 2.75) is 32.0 Å². The molecule has 0 aromatic rings. The number of ketones is 1. The van der Waals surface area contributed by atoms with Crippen molar-refractivity contribution in [3.8, 4) is 0 Å². The van der Waals surface area contributed by atoms with Gasteiger partial charge in [0, 0.05) is 26.5 Å². The second-order valence-electron chi connectivity index (χ2n) is 2.92. The monoisotopic (exact) mass is 208 g/mol. The molecule has 0 radical (unpaired) electrons. The maximum atomic E-state index is 11.5. The fourth-order valence-corrected chi connectivity index (χ4v) is 1.11. The lowest BCUT2D eigenvalue weighted by Gasteiger charge is -2.24. The van der Waals surface area contributed by atoms with Gasteiger partial charge in [0.1, 0.15) is 0 Å². The molecule has 3 nitrogen and oxygen atoms in total. The maximum Gasteiger partial charge on any atom is 0.225 e. The number of halogens is 1. The number of ether oxygens (including phenoxy) is 2. The molecule has 0 aliphatic heterocycles. The predicted molar refractivity (Wildman–Crippen MR) is 52.0 cm³/mol. The minimum atomic E-state index is -1.09. The van der Waals surface area contributed by atoms with Crippen LogP contribution in [0.5, 0.6) is 0 Å². The van der Waals surface area contributed by atoms with Crippen LogP contribution in [0.1, 0.15) is 26.2 Å². The van der Waals surface area contributed by atoms with E-state index >= 15 is 0 Å². The van der Waals surface area contributed by atoms with Crippen LogP contribution in [0.2, 0.25) is 0 Å². The molecule has 0 amide bonds. The highest BCUT2D eigenvalue weighted by molar-refractivity contribution is 6.17. The summed E-state index contributed by atoms with van der Waals surface area (Å²) in [5, 5.41) is 0. The molecule has 4 heteroatoms. The molecule has 0 heterocycles. The lowest BCUT2D eigenvalue weighted by atomic mass is 10.1. The maximum absolute atomic E-state index is 11.5. The van der Waals surface area contributed by atoms with Crippen LogP contribution in [0.25, 0.3) is 0 Å². The first-order valence-corrected chi connectivity index (χ1v) is 4.83. The number of hydrogen-bond donors (Lipinski definition) is 0. The van der Waals surface area contributed by atoms with Gasteiger partial charge >= 0.3 is 0 Å². The van der Waals surface area contributed by atoms with Crippen molar-refractivity contribution in [3.05, 3.63) is 0 Å². The van der Waals surface area contributed by atoms with E-state index in [4.69, 9.17) is 21.1 Å². The molecule has 0 aromatic carbocycles. The average Bonchev–Trinajstić information content (AvgIpc) is 2.17. The molecule has 0 rings (SSSR count). The molecule has 0 saturated heterocycles. The van der Waals surface area contributed by atoms with Crippen LogP contribution in [0, 0.1) is 0 Å². The van der Waals surface area contributed by atoms with Crippen molar-refractivity contribution < 1.29 is 14.3 Å². The van der Waals surface area contributed by atoms with Crippen LogP contribution in [-0.2, 0) is 14.3 Å². The average molecular weight is 209 g/mol.